The van der Waals surface area contributed by atoms with E-state index in [0.717, 1.165) is 28.8 Å². The monoisotopic (exact) mass is 483 g/mol. The van der Waals surface area contributed by atoms with Gasteiger partial charge in [0.05, 0.1) is 18.1 Å². The average molecular weight is 484 g/mol. The van der Waals surface area contributed by atoms with E-state index in [1.807, 2.05) is 46.0 Å². The fourth-order valence-corrected chi connectivity index (χ4v) is 6.32. The number of rotatable bonds is 6. The van der Waals surface area contributed by atoms with Gasteiger partial charge in [0.2, 0.25) is 5.91 Å². The number of amides is 2. The number of para-hydroxylation sites is 1. The van der Waals surface area contributed by atoms with Gasteiger partial charge in [-0.05, 0) is 24.5 Å². The second-order valence-corrected chi connectivity index (χ2v) is 10.7. The van der Waals surface area contributed by atoms with Crippen LogP contribution in [0.1, 0.15) is 37.7 Å². The van der Waals surface area contributed by atoms with E-state index in [1.165, 1.54) is 37.4 Å². The van der Waals surface area contributed by atoms with Crippen molar-refractivity contribution in [3.05, 3.63) is 40.9 Å². The summed E-state index contributed by atoms with van der Waals surface area (Å²) in [7, 11) is 0. The molecule has 5 rings (SSSR count). The first-order valence-electron chi connectivity index (χ1n) is 11.8. The molecular formula is C25H29N3O3S2. The average Bonchev–Trinajstić information content (AvgIpc) is 3.53. The quantitative estimate of drug-likeness (QED) is 0.453. The molecule has 3 heterocycles. The molecule has 0 bridgehead atoms. The summed E-state index contributed by atoms with van der Waals surface area (Å²) in [5.41, 5.74) is 1.93. The lowest BCUT2D eigenvalue weighted by molar-refractivity contribution is -0.135. The molecule has 2 aromatic rings. The Hall–Kier alpha value is -2.16. The Morgan fingerprint density at radius 2 is 1.94 bits per heavy atom. The van der Waals surface area contributed by atoms with E-state index < -0.39 is 0 Å². The number of hydrogen-bond donors (Lipinski definition) is 0. The van der Waals surface area contributed by atoms with Crippen LogP contribution in [0.15, 0.2) is 35.4 Å². The summed E-state index contributed by atoms with van der Waals surface area (Å²) >= 11 is 6.93. The van der Waals surface area contributed by atoms with Gasteiger partial charge in [-0.25, -0.2) is 0 Å². The highest BCUT2D eigenvalue weighted by Crippen LogP contribution is 2.36. The van der Waals surface area contributed by atoms with E-state index in [4.69, 9.17) is 17.0 Å². The van der Waals surface area contributed by atoms with E-state index >= 15 is 0 Å². The van der Waals surface area contributed by atoms with Crippen LogP contribution in [-0.4, -0.2) is 63.3 Å². The Kier molecular flexibility index (Phi) is 6.85. The zero-order valence-electron chi connectivity index (χ0n) is 18.7. The molecule has 174 valence electrons. The van der Waals surface area contributed by atoms with Gasteiger partial charge in [0.15, 0.2) is 0 Å². The van der Waals surface area contributed by atoms with Crippen molar-refractivity contribution >= 4 is 57.1 Å². The first kappa shape index (κ1) is 22.6. The summed E-state index contributed by atoms with van der Waals surface area (Å²) in [4.78, 5) is 30.2. The van der Waals surface area contributed by atoms with Crippen molar-refractivity contribution in [1.82, 2.24) is 14.4 Å². The van der Waals surface area contributed by atoms with Crippen LogP contribution >= 0.6 is 24.0 Å². The maximum absolute atomic E-state index is 13.1. The van der Waals surface area contributed by atoms with E-state index in [-0.39, 0.29) is 18.4 Å². The molecular weight excluding hydrogens is 454 g/mol. The fraction of sp³-hybridized carbons (Fsp3) is 0.480. The maximum atomic E-state index is 13.1. The molecule has 0 atom stereocenters. The van der Waals surface area contributed by atoms with Gasteiger partial charge in [0, 0.05) is 42.3 Å². The minimum atomic E-state index is 0.00391. The number of thiocarbonyl (C=S) groups is 1. The summed E-state index contributed by atoms with van der Waals surface area (Å²) in [5.74, 6) is 0.814. The largest absolute Gasteiger partial charge is 0.378 e. The second kappa shape index (κ2) is 9.99. The van der Waals surface area contributed by atoms with Gasteiger partial charge in [-0.1, -0.05) is 67.9 Å². The van der Waals surface area contributed by atoms with Crippen molar-refractivity contribution in [3.63, 3.8) is 0 Å². The number of hydrogen-bond acceptors (Lipinski definition) is 5. The molecule has 2 saturated heterocycles. The van der Waals surface area contributed by atoms with Crippen LogP contribution in [0.5, 0.6) is 0 Å². The highest BCUT2D eigenvalue weighted by molar-refractivity contribution is 8.26. The predicted octanol–water partition coefficient (Wildman–Crippen LogP) is 4.28. The molecule has 0 spiro atoms. The van der Waals surface area contributed by atoms with Crippen molar-refractivity contribution in [2.45, 2.75) is 38.6 Å². The number of carbonyl (C=O) groups excluding carboxylic acids is 2. The Morgan fingerprint density at radius 1 is 1.18 bits per heavy atom. The lowest BCUT2D eigenvalue weighted by Crippen LogP contribution is -2.42. The molecule has 0 radical (unpaired) electrons. The van der Waals surface area contributed by atoms with Gasteiger partial charge in [0.25, 0.3) is 5.91 Å². The van der Waals surface area contributed by atoms with Crippen LogP contribution in [0.25, 0.3) is 17.0 Å². The highest BCUT2D eigenvalue weighted by Gasteiger charge is 2.32. The smallest absolute Gasteiger partial charge is 0.266 e. The van der Waals surface area contributed by atoms with Gasteiger partial charge in [-0.15, -0.1) is 0 Å². The SMILES string of the molecule is O=C(Cn1cc(/C=C2\SC(=S)N(CCC3CCCC3)C2=O)c2ccccc21)N1CCOCC1. The van der Waals surface area contributed by atoms with E-state index in [2.05, 4.69) is 0 Å². The molecule has 8 heteroatoms. The number of benzene rings is 1. The second-order valence-electron chi connectivity index (χ2n) is 9.00. The lowest BCUT2D eigenvalue weighted by atomic mass is 10.0. The van der Waals surface area contributed by atoms with Gasteiger partial charge >= 0.3 is 0 Å². The van der Waals surface area contributed by atoms with Gasteiger partial charge in [0.1, 0.15) is 10.9 Å². The number of carbonyl (C=O) groups is 2. The van der Waals surface area contributed by atoms with Crippen molar-refractivity contribution in [2.24, 2.45) is 5.92 Å². The van der Waals surface area contributed by atoms with Crippen LogP contribution in [-0.2, 0) is 20.9 Å². The Morgan fingerprint density at radius 3 is 2.73 bits per heavy atom. The molecule has 0 unspecified atom stereocenters. The predicted molar refractivity (Wildman–Crippen MR) is 136 cm³/mol. The Bertz CT molecular complexity index is 1100. The first-order chi connectivity index (χ1) is 16.1. The minimum Gasteiger partial charge on any atom is -0.378 e. The third-order valence-corrected chi connectivity index (χ3v) is 8.26. The summed E-state index contributed by atoms with van der Waals surface area (Å²) in [6, 6.07) is 8.02. The molecule has 1 aromatic carbocycles. The van der Waals surface area contributed by atoms with Crippen LogP contribution in [0.3, 0.4) is 0 Å². The van der Waals surface area contributed by atoms with E-state index in [0.29, 0.717) is 42.1 Å². The Balaban J connectivity index is 1.35. The normalized spacial score (nSPS) is 21.2. The fourth-order valence-electron chi connectivity index (χ4n) is 5.02. The molecule has 3 fully saturated rings. The molecule has 3 aliphatic rings. The molecule has 0 N–H and O–H groups in total. The van der Waals surface area contributed by atoms with Crippen molar-refractivity contribution in [2.75, 3.05) is 32.8 Å². The molecule has 33 heavy (non-hydrogen) atoms. The first-order valence-corrected chi connectivity index (χ1v) is 13.0. The van der Waals surface area contributed by atoms with Crippen molar-refractivity contribution in [3.8, 4) is 0 Å². The van der Waals surface area contributed by atoms with Crippen LogP contribution in [0.2, 0.25) is 0 Å². The summed E-state index contributed by atoms with van der Waals surface area (Å²) in [6.45, 7) is 3.43. The number of fused-ring (bicyclic) bond motifs is 1. The van der Waals surface area contributed by atoms with E-state index in [9.17, 15) is 9.59 Å². The van der Waals surface area contributed by atoms with Crippen LogP contribution in [0.4, 0.5) is 0 Å². The number of thioether (sulfide) groups is 1. The summed E-state index contributed by atoms with van der Waals surface area (Å²) in [6.07, 6.45) is 10.1. The molecule has 2 amide bonds. The van der Waals surface area contributed by atoms with Crippen molar-refractivity contribution < 1.29 is 14.3 Å². The number of ether oxygens (including phenoxy) is 1. The maximum Gasteiger partial charge on any atom is 0.266 e. The molecule has 1 aliphatic carbocycles. The van der Waals surface area contributed by atoms with Gasteiger partial charge in [-0.2, -0.15) is 0 Å². The molecule has 1 saturated carbocycles. The number of nitrogens with zero attached hydrogens (tertiary/aromatic N) is 3. The molecule has 2 aliphatic heterocycles. The standard InChI is InChI=1S/C25H29N3O3S2/c29-23(26-11-13-31-14-12-26)17-27-16-19(20-7-3-4-8-21(20)27)15-22-24(30)28(25(32)33-22)10-9-18-5-1-2-6-18/h3-4,7-8,15-16,18H,1-2,5-6,9-14,17H2/b22-15-. The summed E-state index contributed by atoms with van der Waals surface area (Å²) < 4.78 is 8.00. The third-order valence-electron chi connectivity index (χ3n) is 6.88. The van der Waals surface area contributed by atoms with Crippen LogP contribution < -0.4 is 0 Å². The van der Waals surface area contributed by atoms with Crippen LogP contribution in [0, 0.1) is 5.92 Å². The van der Waals surface area contributed by atoms with Crippen molar-refractivity contribution in [1.29, 1.82) is 0 Å². The summed E-state index contributed by atoms with van der Waals surface area (Å²) in [5, 5.41) is 1.03. The van der Waals surface area contributed by atoms with E-state index in [1.54, 1.807) is 4.90 Å². The highest BCUT2D eigenvalue weighted by atomic mass is 32.2. The van der Waals surface area contributed by atoms with Gasteiger partial charge < -0.3 is 14.2 Å². The topological polar surface area (TPSA) is 54.8 Å². The Labute approximate surface area is 203 Å². The molecule has 1 aromatic heterocycles. The zero-order chi connectivity index (χ0) is 22.8. The zero-order valence-corrected chi connectivity index (χ0v) is 20.3. The lowest BCUT2D eigenvalue weighted by Gasteiger charge is -2.27. The third kappa shape index (κ3) is 4.88. The molecule has 6 nitrogen and oxygen atoms in total. The van der Waals surface area contributed by atoms with Gasteiger partial charge in [-0.3, -0.25) is 14.5 Å². The number of aromatic nitrogens is 1. The number of morpholine rings is 1. The minimum absolute atomic E-state index is 0.00391.